The van der Waals surface area contributed by atoms with Crippen molar-refractivity contribution >= 4 is 22.1 Å². The van der Waals surface area contributed by atoms with E-state index in [9.17, 15) is 4.79 Å². The van der Waals surface area contributed by atoms with Gasteiger partial charge in [0, 0.05) is 18.2 Å². The van der Waals surface area contributed by atoms with Gasteiger partial charge < -0.3 is 9.47 Å². The van der Waals surface area contributed by atoms with Gasteiger partial charge in [-0.3, -0.25) is 0 Å². The van der Waals surface area contributed by atoms with Crippen molar-refractivity contribution in [1.29, 1.82) is 0 Å². The Bertz CT molecular complexity index is 196. The zero-order valence-corrected chi connectivity index (χ0v) is 8.30. The lowest BCUT2D eigenvalue weighted by Crippen LogP contribution is -2.53. The summed E-state index contributed by atoms with van der Waals surface area (Å²) < 4.78 is 10.0. The van der Waals surface area contributed by atoms with Crippen molar-refractivity contribution in [2.45, 2.75) is 31.5 Å². The highest BCUT2D eigenvalue weighted by atomic mass is 79.9. The first-order chi connectivity index (χ1) is 5.74. The minimum Gasteiger partial charge on any atom is -0.391 e. The molecule has 1 aliphatic carbocycles. The van der Waals surface area contributed by atoms with Gasteiger partial charge in [0.1, 0.15) is 0 Å². The number of alkyl halides is 1. The number of halogens is 1. The summed E-state index contributed by atoms with van der Waals surface area (Å²) in [6.07, 6.45) is 3.49. The van der Waals surface area contributed by atoms with E-state index in [0.29, 0.717) is 5.92 Å². The van der Waals surface area contributed by atoms with Crippen molar-refractivity contribution in [2.75, 3.05) is 5.33 Å². The fourth-order valence-electron chi connectivity index (χ4n) is 1.93. The fourth-order valence-corrected chi connectivity index (χ4v) is 2.49. The molecule has 0 radical (unpaired) electrons. The van der Waals surface area contributed by atoms with Crippen LogP contribution in [0, 0.1) is 5.92 Å². The SMILES string of the molecule is O=C1OC2(CCCC(CBr)C2)O1. The van der Waals surface area contributed by atoms with Gasteiger partial charge in [0.05, 0.1) is 0 Å². The second kappa shape index (κ2) is 2.91. The molecule has 0 N–H and O–H groups in total. The van der Waals surface area contributed by atoms with E-state index in [1.54, 1.807) is 0 Å². The number of hydrogen-bond donors (Lipinski definition) is 0. The maximum atomic E-state index is 10.5. The van der Waals surface area contributed by atoms with Crippen molar-refractivity contribution < 1.29 is 14.3 Å². The van der Waals surface area contributed by atoms with Crippen LogP contribution in [0.25, 0.3) is 0 Å². The van der Waals surface area contributed by atoms with Crippen LogP contribution in [0.3, 0.4) is 0 Å². The van der Waals surface area contributed by atoms with Gasteiger partial charge in [-0.1, -0.05) is 15.9 Å². The molecular formula is C8H11BrO3. The van der Waals surface area contributed by atoms with E-state index in [-0.39, 0.29) is 0 Å². The molecule has 0 bridgehead atoms. The lowest BCUT2D eigenvalue weighted by Gasteiger charge is -2.44. The average molecular weight is 235 g/mol. The van der Waals surface area contributed by atoms with Gasteiger partial charge in [-0.05, 0) is 18.8 Å². The number of hydrogen-bond acceptors (Lipinski definition) is 3. The predicted molar refractivity (Wildman–Crippen MR) is 46.0 cm³/mol. The Hall–Kier alpha value is -0.250. The molecule has 1 spiro atoms. The van der Waals surface area contributed by atoms with E-state index in [1.807, 2.05) is 0 Å². The topological polar surface area (TPSA) is 35.5 Å². The Morgan fingerprint density at radius 3 is 2.92 bits per heavy atom. The van der Waals surface area contributed by atoms with Gasteiger partial charge in [-0.15, -0.1) is 0 Å². The second-order valence-corrected chi connectivity index (χ2v) is 4.13. The lowest BCUT2D eigenvalue weighted by atomic mass is 9.85. The summed E-state index contributed by atoms with van der Waals surface area (Å²) in [7, 11) is 0. The van der Waals surface area contributed by atoms with Crippen molar-refractivity contribution in [3.63, 3.8) is 0 Å². The summed E-state index contributed by atoms with van der Waals surface area (Å²) in [6, 6.07) is 0. The predicted octanol–water partition coefficient (Wildman–Crippen LogP) is 2.43. The van der Waals surface area contributed by atoms with Crippen LogP contribution < -0.4 is 0 Å². The van der Waals surface area contributed by atoms with Gasteiger partial charge in [-0.2, -0.15) is 0 Å². The summed E-state index contributed by atoms with van der Waals surface area (Å²) in [5.74, 6) is 0.0557. The molecule has 1 saturated carbocycles. The maximum absolute atomic E-state index is 10.5. The zero-order valence-electron chi connectivity index (χ0n) is 6.72. The van der Waals surface area contributed by atoms with Crippen LogP contribution in [0.1, 0.15) is 25.7 Å². The van der Waals surface area contributed by atoms with E-state index in [0.717, 1.165) is 24.6 Å². The van der Waals surface area contributed by atoms with Crippen LogP contribution in [-0.2, 0) is 9.47 Å². The number of rotatable bonds is 1. The van der Waals surface area contributed by atoms with Crippen molar-refractivity contribution in [3.05, 3.63) is 0 Å². The summed E-state index contributed by atoms with van der Waals surface area (Å²) in [4.78, 5) is 10.5. The molecule has 1 heterocycles. The molecule has 1 unspecified atom stereocenters. The van der Waals surface area contributed by atoms with Crippen LogP contribution in [-0.4, -0.2) is 17.3 Å². The molecular weight excluding hydrogens is 224 g/mol. The summed E-state index contributed by atoms with van der Waals surface area (Å²) >= 11 is 3.43. The van der Waals surface area contributed by atoms with Gasteiger partial charge in [0.25, 0.3) is 5.79 Å². The molecule has 1 atom stereocenters. The van der Waals surface area contributed by atoms with Crippen molar-refractivity contribution in [1.82, 2.24) is 0 Å². The summed E-state index contributed by atoms with van der Waals surface area (Å²) in [5.41, 5.74) is 0. The van der Waals surface area contributed by atoms with Crippen LogP contribution in [0.4, 0.5) is 4.79 Å². The van der Waals surface area contributed by atoms with E-state index in [1.165, 1.54) is 6.42 Å². The molecule has 2 fully saturated rings. The lowest BCUT2D eigenvalue weighted by molar-refractivity contribution is -0.289. The van der Waals surface area contributed by atoms with Crippen LogP contribution in [0.5, 0.6) is 0 Å². The number of carbonyl (C=O) groups is 1. The third-order valence-corrected chi connectivity index (χ3v) is 3.44. The first-order valence-corrected chi connectivity index (χ1v) is 5.34. The molecule has 0 aromatic heterocycles. The molecule has 4 heteroatoms. The fraction of sp³-hybridized carbons (Fsp3) is 0.875. The molecule has 2 rings (SSSR count). The average Bonchev–Trinajstić information content (AvgIpc) is 2.02. The van der Waals surface area contributed by atoms with Crippen molar-refractivity contribution in [2.24, 2.45) is 5.92 Å². The van der Waals surface area contributed by atoms with Crippen LogP contribution >= 0.6 is 15.9 Å². The monoisotopic (exact) mass is 234 g/mol. The first-order valence-electron chi connectivity index (χ1n) is 4.22. The largest absolute Gasteiger partial charge is 0.514 e. The number of carbonyl (C=O) groups excluding carboxylic acids is 1. The van der Waals surface area contributed by atoms with Gasteiger partial charge in [0.15, 0.2) is 0 Å². The van der Waals surface area contributed by atoms with E-state index in [4.69, 9.17) is 9.47 Å². The Morgan fingerprint density at radius 2 is 2.33 bits per heavy atom. The second-order valence-electron chi connectivity index (χ2n) is 3.48. The van der Waals surface area contributed by atoms with Gasteiger partial charge >= 0.3 is 6.16 Å². The minimum atomic E-state index is -0.534. The number of ether oxygens (including phenoxy) is 2. The van der Waals surface area contributed by atoms with E-state index >= 15 is 0 Å². The first kappa shape index (κ1) is 8.35. The molecule has 12 heavy (non-hydrogen) atoms. The van der Waals surface area contributed by atoms with Gasteiger partial charge in [-0.25, -0.2) is 4.79 Å². The maximum Gasteiger partial charge on any atom is 0.514 e. The summed E-state index contributed by atoms with van der Waals surface area (Å²) in [5, 5.41) is 0.968. The molecule has 3 nitrogen and oxygen atoms in total. The Kier molecular flexibility index (Phi) is 2.02. The van der Waals surface area contributed by atoms with Crippen LogP contribution in [0.2, 0.25) is 0 Å². The minimum absolute atomic E-state index is 0.509. The molecule has 0 amide bonds. The molecule has 0 aromatic carbocycles. The van der Waals surface area contributed by atoms with E-state index < -0.39 is 11.9 Å². The molecule has 68 valence electrons. The molecule has 1 aliphatic heterocycles. The Balaban J connectivity index is 1.95. The third kappa shape index (κ3) is 1.32. The Morgan fingerprint density at radius 1 is 1.58 bits per heavy atom. The Labute approximate surface area is 79.5 Å². The zero-order chi connectivity index (χ0) is 8.60. The third-order valence-electron chi connectivity index (χ3n) is 2.53. The smallest absolute Gasteiger partial charge is 0.391 e. The van der Waals surface area contributed by atoms with Crippen molar-refractivity contribution in [3.8, 4) is 0 Å². The highest BCUT2D eigenvalue weighted by molar-refractivity contribution is 9.09. The normalized spacial score (nSPS) is 32.1. The molecule has 0 aromatic rings. The highest BCUT2D eigenvalue weighted by Crippen LogP contribution is 2.42. The summed E-state index contributed by atoms with van der Waals surface area (Å²) in [6.45, 7) is 0. The van der Waals surface area contributed by atoms with Gasteiger partial charge in [0.2, 0.25) is 0 Å². The van der Waals surface area contributed by atoms with E-state index in [2.05, 4.69) is 15.9 Å². The highest BCUT2D eigenvalue weighted by Gasteiger charge is 2.51. The standard InChI is InChI=1S/C8H11BrO3/c9-5-6-2-1-3-8(4-6)11-7(10)12-8/h6H,1-5H2. The molecule has 1 saturated heterocycles. The van der Waals surface area contributed by atoms with Crippen LogP contribution in [0.15, 0.2) is 0 Å². The molecule has 2 aliphatic rings. The quantitative estimate of drug-likeness (QED) is 0.517.